The standard InChI is InChI=1S/C15H14BrClO/c1-2-11-3-5-12(6-4-11)10-18-15-9-13(16)7-8-14(15)17/h3-9H,2,10H2,1H3. The van der Waals surface area contributed by atoms with Crippen molar-refractivity contribution in [1.82, 2.24) is 0 Å². The minimum absolute atomic E-state index is 0.528. The van der Waals surface area contributed by atoms with E-state index in [1.54, 1.807) is 0 Å². The molecule has 0 aromatic heterocycles. The molecule has 2 aromatic carbocycles. The molecule has 94 valence electrons. The molecule has 0 aliphatic carbocycles. The van der Waals surface area contributed by atoms with Gasteiger partial charge in [-0.05, 0) is 35.7 Å². The summed E-state index contributed by atoms with van der Waals surface area (Å²) in [6.07, 6.45) is 1.05. The topological polar surface area (TPSA) is 9.23 Å². The first-order valence-corrected chi connectivity index (χ1v) is 7.02. The average Bonchev–Trinajstić information content (AvgIpc) is 2.40. The Bertz CT molecular complexity index is 523. The zero-order valence-electron chi connectivity index (χ0n) is 10.1. The Balaban J connectivity index is 2.04. The molecule has 0 aliphatic rings. The van der Waals surface area contributed by atoms with Crippen LogP contribution in [0, 0.1) is 0 Å². The summed E-state index contributed by atoms with van der Waals surface area (Å²) >= 11 is 9.47. The molecule has 0 saturated carbocycles. The van der Waals surface area contributed by atoms with E-state index in [-0.39, 0.29) is 0 Å². The van der Waals surface area contributed by atoms with Crippen molar-refractivity contribution in [2.24, 2.45) is 0 Å². The van der Waals surface area contributed by atoms with Crippen LogP contribution in [0.2, 0.25) is 5.02 Å². The number of hydrogen-bond donors (Lipinski definition) is 0. The van der Waals surface area contributed by atoms with Gasteiger partial charge in [0.1, 0.15) is 12.4 Å². The van der Waals surface area contributed by atoms with Crippen LogP contribution in [0.15, 0.2) is 46.9 Å². The quantitative estimate of drug-likeness (QED) is 0.746. The minimum atomic E-state index is 0.528. The fraction of sp³-hybridized carbons (Fsp3) is 0.200. The highest BCUT2D eigenvalue weighted by molar-refractivity contribution is 9.10. The molecule has 0 aliphatic heterocycles. The van der Waals surface area contributed by atoms with E-state index in [0.29, 0.717) is 17.4 Å². The summed E-state index contributed by atoms with van der Waals surface area (Å²) in [5, 5.41) is 0.628. The van der Waals surface area contributed by atoms with Gasteiger partial charge in [-0.15, -0.1) is 0 Å². The van der Waals surface area contributed by atoms with Crippen LogP contribution in [0.3, 0.4) is 0 Å². The molecule has 0 spiro atoms. The number of benzene rings is 2. The van der Waals surface area contributed by atoms with Crippen molar-refractivity contribution in [3.63, 3.8) is 0 Å². The Morgan fingerprint density at radius 3 is 2.39 bits per heavy atom. The highest BCUT2D eigenvalue weighted by atomic mass is 79.9. The molecule has 0 saturated heterocycles. The van der Waals surface area contributed by atoms with Gasteiger partial charge in [0.2, 0.25) is 0 Å². The van der Waals surface area contributed by atoms with Crippen LogP contribution >= 0.6 is 27.5 Å². The summed E-state index contributed by atoms with van der Waals surface area (Å²) in [7, 11) is 0. The van der Waals surface area contributed by atoms with Gasteiger partial charge >= 0.3 is 0 Å². The second-order valence-electron chi connectivity index (χ2n) is 4.03. The number of rotatable bonds is 4. The lowest BCUT2D eigenvalue weighted by Crippen LogP contribution is -1.96. The Hall–Kier alpha value is -0.990. The predicted molar refractivity (Wildman–Crippen MR) is 79.3 cm³/mol. The van der Waals surface area contributed by atoms with Crippen LogP contribution in [0.25, 0.3) is 0 Å². The van der Waals surface area contributed by atoms with Crippen LogP contribution in [0.5, 0.6) is 5.75 Å². The number of aryl methyl sites for hydroxylation is 1. The smallest absolute Gasteiger partial charge is 0.139 e. The minimum Gasteiger partial charge on any atom is -0.487 e. The van der Waals surface area contributed by atoms with Crippen molar-refractivity contribution in [3.05, 3.63) is 63.1 Å². The highest BCUT2D eigenvalue weighted by Crippen LogP contribution is 2.28. The number of halogens is 2. The van der Waals surface area contributed by atoms with E-state index in [1.807, 2.05) is 18.2 Å². The third kappa shape index (κ3) is 3.50. The summed E-state index contributed by atoms with van der Waals surface area (Å²) in [6, 6.07) is 14.0. The van der Waals surface area contributed by atoms with Gasteiger partial charge in [0.25, 0.3) is 0 Å². The van der Waals surface area contributed by atoms with Crippen molar-refractivity contribution in [2.45, 2.75) is 20.0 Å². The first-order valence-electron chi connectivity index (χ1n) is 5.84. The molecule has 18 heavy (non-hydrogen) atoms. The van der Waals surface area contributed by atoms with E-state index >= 15 is 0 Å². The highest BCUT2D eigenvalue weighted by Gasteiger charge is 2.02. The lowest BCUT2D eigenvalue weighted by atomic mass is 10.1. The zero-order valence-corrected chi connectivity index (χ0v) is 12.5. The monoisotopic (exact) mass is 324 g/mol. The molecule has 0 fully saturated rings. The van der Waals surface area contributed by atoms with Crippen molar-refractivity contribution < 1.29 is 4.74 Å². The second kappa shape index (κ2) is 6.26. The van der Waals surface area contributed by atoms with Gasteiger partial charge in [-0.25, -0.2) is 0 Å². The van der Waals surface area contributed by atoms with E-state index in [0.717, 1.165) is 16.5 Å². The lowest BCUT2D eigenvalue weighted by Gasteiger charge is -2.09. The summed E-state index contributed by atoms with van der Waals surface area (Å²) < 4.78 is 6.68. The summed E-state index contributed by atoms with van der Waals surface area (Å²) in [4.78, 5) is 0. The first kappa shape index (κ1) is 13.4. The number of ether oxygens (including phenoxy) is 1. The van der Waals surface area contributed by atoms with Crippen molar-refractivity contribution in [1.29, 1.82) is 0 Å². The number of hydrogen-bond acceptors (Lipinski definition) is 1. The van der Waals surface area contributed by atoms with Gasteiger partial charge < -0.3 is 4.74 Å². The molecule has 3 heteroatoms. The Morgan fingerprint density at radius 2 is 1.72 bits per heavy atom. The van der Waals surface area contributed by atoms with E-state index in [1.165, 1.54) is 5.56 Å². The second-order valence-corrected chi connectivity index (χ2v) is 5.36. The van der Waals surface area contributed by atoms with Crippen molar-refractivity contribution in [2.75, 3.05) is 0 Å². The molecule has 0 unspecified atom stereocenters. The van der Waals surface area contributed by atoms with E-state index < -0.39 is 0 Å². The third-order valence-corrected chi connectivity index (χ3v) is 3.52. The maximum absolute atomic E-state index is 6.06. The van der Waals surface area contributed by atoms with Gasteiger partial charge in [0.15, 0.2) is 0 Å². The lowest BCUT2D eigenvalue weighted by molar-refractivity contribution is 0.306. The van der Waals surface area contributed by atoms with Crippen LogP contribution in [0.4, 0.5) is 0 Å². The van der Waals surface area contributed by atoms with Crippen molar-refractivity contribution in [3.8, 4) is 5.75 Å². The molecule has 0 amide bonds. The molecular formula is C15H14BrClO. The summed E-state index contributed by atoms with van der Waals surface area (Å²) in [6.45, 7) is 2.67. The zero-order chi connectivity index (χ0) is 13.0. The molecule has 2 aromatic rings. The maximum atomic E-state index is 6.06. The Morgan fingerprint density at radius 1 is 1.06 bits per heavy atom. The van der Waals surface area contributed by atoms with Gasteiger partial charge in [-0.3, -0.25) is 0 Å². The fourth-order valence-electron chi connectivity index (χ4n) is 1.62. The summed E-state index contributed by atoms with van der Waals surface area (Å²) in [5.41, 5.74) is 2.47. The Labute approximate surface area is 121 Å². The first-order chi connectivity index (χ1) is 8.69. The molecule has 0 atom stereocenters. The third-order valence-electron chi connectivity index (χ3n) is 2.72. The van der Waals surface area contributed by atoms with Gasteiger partial charge in [0.05, 0.1) is 5.02 Å². The normalized spacial score (nSPS) is 10.4. The van der Waals surface area contributed by atoms with Crippen LogP contribution in [-0.2, 0) is 13.0 Å². The Kier molecular flexibility index (Phi) is 4.67. The van der Waals surface area contributed by atoms with Gasteiger partial charge in [-0.1, -0.05) is 58.7 Å². The molecule has 0 radical (unpaired) electrons. The fourth-order valence-corrected chi connectivity index (χ4v) is 2.13. The van der Waals surface area contributed by atoms with Gasteiger partial charge in [0, 0.05) is 4.47 Å². The average molecular weight is 326 g/mol. The van der Waals surface area contributed by atoms with Crippen LogP contribution in [0.1, 0.15) is 18.1 Å². The van der Waals surface area contributed by atoms with Crippen LogP contribution in [-0.4, -0.2) is 0 Å². The SMILES string of the molecule is CCc1ccc(COc2cc(Br)ccc2Cl)cc1. The molecule has 0 N–H and O–H groups in total. The molecular weight excluding hydrogens is 312 g/mol. The van der Waals surface area contributed by atoms with Crippen LogP contribution < -0.4 is 4.74 Å². The largest absolute Gasteiger partial charge is 0.487 e. The molecule has 0 bridgehead atoms. The van der Waals surface area contributed by atoms with Crippen molar-refractivity contribution >= 4 is 27.5 Å². The van der Waals surface area contributed by atoms with E-state index in [9.17, 15) is 0 Å². The van der Waals surface area contributed by atoms with E-state index in [2.05, 4.69) is 47.1 Å². The van der Waals surface area contributed by atoms with E-state index in [4.69, 9.17) is 16.3 Å². The molecule has 1 nitrogen and oxygen atoms in total. The molecule has 0 heterocycles. The predicted octanol–water partition coefficient (Wildman–Crippen LogP) is 5.24. The maximum Gasteiger partial charge on any atom is 0.139 e. The molecule has 2 rings (SSSR count). The van der Waals surface area contributed by atoms with Gasteiger partial charge in [-0.2, -0.15) is 0 Å². The summed E-state index contributed by atoms with van der Waals surface area (Å²) in [5.74, 6) is 0.700.